The first-order chi connectivity index (χ1) is 9.19. The van der Waals surface area contributed by atoms with E-state index in [9.17, 15) is 0 Å². The fourth-order valence-corrected chi connectivity index (χ4v) is 3.66. The van der Waals surface area contributed by atoms with Crippen molar-refractivity contribution in [1.82, 2.24) is 9.88 Å². The summed E-state index contributed by atoms with van der Waals surface area (Å²) < 4.78 is 0. The van der Waals surface area contributed by atoms with Gasteiger partial charge in [-0.2, -0.15) is 0 Å². The molecule has 0 spiro atoms. The molecule has 1 aromatic carbocycles. The number of nitrogens with one attached hydrogen (secondary N) is 1. The molecule has 0 unspecified atom stereocenters. The molecule has 2 heterocycles. The predicted molar refractivity (Wildman–Crippen MR) is 84.2 cm³/mol. The maximum absolute atomic E-state index is 3.54. The molecule has 0 aliphatic carbocycles. The van der Waals surface area contributed by atoms with Crippen molar-refractivity contribution in [2.45, 2.75) is 37.1 Å². The molecular formula is C16H22N2S. The van der Waals surface area contributed by atoms with Gasteiger partial charge >= 0.3 is 0 Å². The Hall–Kier alpha value is -0.930. The fraction of sp³-hybridized carbons (Fsp3) is 0.500. The highest BCUT2D eigenvalue weighted by atomic mass is 32.2. The SMILES string of the molecule is CSc1ccc2[nH]c(C)c(C[C@H]3CCCN3C)c2c1. The number of fused-ring (bicyclic) bond motifs is 1. The van der Waals surface area contributed by atoms with Crippen LogP contribution < -0.4 is 0 Å². The summed E-state index contributed by atoms with van der Waals surface area (Å²) >= 11 is 1.82. The maximum Gasteiger partial charge on any atom is 0.0459 e. The highest BCUT2D eigenvalue weighted by Gasteiger charge is 2.23. The van der Waals surface area contributed by atoms with Crippen LogP contribution in [0.15, 0.2) is 23.1 Å². The Morgan fingerprint density at radius 3 is 2.95 bits per heavy atom. The first kappa shape index (κ1) is 13.1. The number of likely N-dealkylation sites (N-methyl/N-ethyl adjacent to an activating group) is 1. The lowest BCUT2D eigenvalue weighted by molar-refractivity contribution is 0.309. The van der Waals surface area contributed by atoms with Gasteiger partial charge < -0.3 is 9.88 Å². The van der Waals surface area contributed by atoms with E-state index in [1.165, 1.54) is 52.9 Å². The van der Waals surface area contributed by atoms with Crippen LogP contribution in [0.3, 0.4) is 0 Å². The lowest BCUT2D eigenvalue weighted by Gasteiger charge is -2.19. The molecule has 19 heavy (non-hydrogen) atoms. The van der Waals surface area contributed by atoms with Crippen molar-refractivity contribution in [3.63, 3.8) is 0 Å². The van der Waals surface area contributed by atoms with Crippen LogP contribution in [-0.2, 0) is 6.42 Å². The van der Waals surface area contributed by atoms with Gasteiger partial charge in [0.2, 0.25) is 0 Å². The number of hydrogen-bond acceptors (Lipinski definition) is 2. The Labute approximate surface area is 119 Å². The lowest BCUT2D eigenvalue weighted by Crippen LogP contribution is -2.26. The third kappa shape index (κ3) is 2.41. The number of rotatable bonds is 3. The molecule has 1 aliphatic rings. The molecule has 1 aromatic heterocycles. The third-order valence-corrected chi connectivity index (χ3v) is 5.16. The minimum atomic E-state index is 0.718. The number of benzene rings is 1. The molecule has 1 atom stereocenters. The number of aryl methyl sites for hydroxylation is 1. The zero-order valence-electron chi connectivity index (χ0n) is 12.0. The molecule has 2 aromatic rings. The summed E-state index contributed by atoms with van der Waals surface area (Å²) in [6.45, 7) is 3.46. The highest BCUT2D eigenvalue weighted by Crippen LogP contribution is 2.30. The van der Waals surface area contributed by atoms with Crippen molar-refractivity contribution in [3.05, 3.63) is 29.5 Å². The molecule has 0 amide bonds. The first-order valence-corrected chi connectivity index (χ1v) is 8.27. The maximum atomic E-state index is 3.54. The Morgan fingerprint density at radius 1 is 1.42 bits per heavy atom. The van der Waals surface area contributed by atoms with Gasteiger partial charge in [0.15, 0.2) is 0 Å². The monoisotopic (exact) mass is 274 g/mol. The quantitative estimate of drug-likeness (QED) is 0.858. The molecule has 1 fully saturated rings. The van der Waals surface area contributed by atoms with Gasteiger partial charge in [-0.1, -0.05) is 0 Å². The van der Waals surface area contributed by atoms with Crippen molar-refractivity contribution >= 4 is 22.7 Å². The summed E-state index contributed by atoms with van der Waals surface area (Å²) in [7, 11) is 2.26. The summed E-state index contributed by atoms with van der Waals surface area (Å²) in [5.41, 5.74) is 4.14. The van der Waals surface area contributed by atoms with E-state index in [0.29, 0.717) is 0 Å². The first-order valence-electron chi connectivity index (χ1n) is 7.04. The number of likely N-dealkylation sites (tertiary alicyclic amines) is 1. The van der Waals surface area contributed by atoms with Gasteiger partial charge in [0.1, 0.15) is 0 Å². The van der Waals surface area contributed by atoms with E-state index in [-0.39, 0.29) is 0 Å². The molecule has 0 bridgehead atoms. The molecule has 102 valence electrons. The largest absolute Gasteiger partial charge is 0.358 e. The van der Waals surface area contributed by atoms with Gasteiger partial charge in [0, 0.05) is 27.5 Å². The highest BCUT2D eigenvalue weighted by molar-refractivity contribution is 7.98. The molecule has 1 saturated heterocycles. The zero-order valence-corrected chi connectivity index (χ0v) is 12.8. The predicted octanol–water partition coefficient (Wildman–Crippen LogP) is 3.83. The van der Waals surface area contributed by atoms with E-state index in [2.05, 4.69) is 48.3 Å². The lowest BCUT2D eigenvalue weighted by atomic mass is 10.0. The zero-order chi connectivity index (χ0) is 13.4. The average molecular weight is 274 g/mol. The average Bonchev–Trinajstić information content (AvgIpc) is 2.94. The van der Waals surface area contributed by atoms with Crippen LogP contribution in [0, 0.1) is 6.92 Å². The molecule has 2 nitrogen and oxygen atoms in total. The number of nitrogens with zero attached hydrogens (tertiary/aromatic N) is 1. The van der Waals surface area contributed by atoms with E-state index in [1.54, 1.807) is 0 Å². The molecular weight excluding hydrogens is 252 g/mol. The van der Waals surface area contributed by atoms with E-state index in [0.717, 1.165) is 6.04 Å². The van der Waals surface area contributed by atoms with Crippen LogP contribution in [0.4, 0.5) is 0 Å². The van der Waals surface area contributed by atoms with Crippen LogP contribution in [0.5, 0.6) is 0 Å². The van der Waals surface area contributed by atoms with Crippen molar-refractivity contribution in [2.75, 3.05) is 19.8 Å². The van der Waals surface area contributed by atoms with Gasteiger partial charge in [0.05, 0.1) is 0 Å². The van der Waals surface area contributed by atoms with Gasteiger partial charge in [-0.25, -0.2) is 0 Å². The smallest absolute Gasteiger partial charge is 0.0459 e. The van der Waals surface area contributed by atoms with Crippen LogP contribution in [0.2, 0.25) is 0 Å². The molecule has 1 N–H and O–H groups in total. The minimum Gasteiger partial charge on any atom is -0.358 e. The van der Waals surface area contributed by atoms with E-state index in [4.69, 9.17) is 0 Å². The van der Waals surface area contributed by atoms with Crippen LogP contribution in [0.25, 0.3) is 10.9 Å². The Balaban J connectivity index is 1.99. The van der Waals surface area contributed by atoms with E-state index >= 15 is 0 Å². The Kier molecular flexibility index (Phi) is 3.59. The molecule has 3 heteroatoms. The topological polar surface area (TPSA) is 19.0 Å². The second kappa shape index (κ2) is 5.22. The number of thioether (sulfide) groups is 1. The number of aromatic nitrogens is 1. The summed E-state index contributed by atoms with van der Waals surface area (Å²) in [5.74, 6) is 0. The van der Waals surface area contributed by atoms with Crippen molar-refractivity contribution < 1.29 is 0 Å². The third-order valence-electron chi connectivity index (χ3n) is 4.44. The second-order valence-electron chi connectivity index (χ2n) is 5.62. The Morgan fingerprint density at radius 2 is 2.26 bits per heavy atom. The van der Waals surface area contributed by atoms with E-state index < -0.39 is 0 Å². The second-order valence-corrected chi connectivity index (χ2v) is 6.50. The van der Waals surface area contributed by atoms with Crippen molar-refractivity contribution in [3.8, 4) is 0 Å². The summed E-state index contributed by atoms with van der Waals surface area (Å²) in [5, 5.41) is 1.42. The van der Waals surface area contributed by atoms with Gasteiger partial charge in [-0.15, -0.1) is 11.8 Å². The minimum absolute atomic E-state index is 0.718. The standard InChI is InChI=1S/C16H22N2S/c1-11-14(9-12-5-4-8-18(12)2)15-10-13(19-3)6-7-16(15)17-11/h6-7,10,12,17H,4-5,8-9H2,1-3H3/t12-/m1/s1. The van der Waals surface area contributed by atoms with Crippen molar-refractivity contribution in [2.24, 2.45) is 0 Å². The van der Waals surface area contributed by atoms with Crippen LogP contribution >= 0.6 is 11.8 Å². The summed E-state index contributed by atoms with van der Waals surface area (Å²) in [6, 6.07) is 7.48. The number of H-pyrrole nitrogens is 1. The molecule has 0 saturated carbocycles. The van der Waals surface area contributed by atoms with Gasteiger partial charge in [-0.05, 0) is 69.8 Å². The van der Waals surface area contributed by atoms with Crippen LogP contribution in [0.1, 0.15) is 24.1 Å². The number of hydrogen-bond donors (Lipinski definition) is 1. The summed E-state index contributed by atoms with van der Waals surface area (Å²) in [6.07, 6.45) is 6.01. The van der Waals surface area contributed by atoms with Crippen molar-refractivity contribution in [1.29, 1.82) is 0 Å². The molecule has 3 rings (SSSR count). The Bertz CT molecular complexity index is 588. The normalized spacial score (nSPS) is 20.5. The molecule has 1 aliphatic heterocycles. The van der Waals surface area contributed by atoms with E-state index in [1.807, 2.05) is 11.8 Å². The fourth-order valence-electron chi connectivity index (χ4n) is 3.22. The van der Waals surface area contributed by atoms with Gasteiger partial charge in [-0.3, -0.25) is 0 Å². The van der Waals surface area contributed by atoms with Gasteiger partial charge in [0.25, 0.3) is 0 Å². The van der Waals surface area contributed by atoms with Crippen LogP contribution in [-0.4, -0.2) is 35.8 Å². The number of aromatic amines is 1. The summed E-state index contributed by atoms with van der Waals surface area (Å²) in [4.78, 5) is 7.40. The molecule has 0 radical (unpaired) electrons.